The van der Waals surface area contributed by atoms with Crippen molar-refractivity contribution in [2.75, 3.05) is 13.1 Å². The highest BCUT2D eigenvalue weighted by Gasteiger charge is 2.29. The lowest BCUT2D eigenvalue weighted by Crippen LogP contribution is -2.57. The lowest BCUT2D eigenvalue weighted by molar-refractivity contribution is 0.0833. The van der Waals surface area contributed by atoms with Crippen molar-refractivity contribution in [1.82, 2.24) is 10.2 Å². The predicted molar refractivity (Wildman–Crippen MR) is 91.6 cm³/mol. The Labute approximate surface area is 130 Å². The van der Waals surface area contributed by atoms with E-state index in [0.717, 1.165) is 25.4 Å². The smallest absolute Gasteiger partial charge is 0.0250 e. The summed E-state index contributed by atoms with van der Waals surface area (Å²) >= 11 is 0. The molecule has 3 unspecified atom stereocenters. The van der Waals surface area contributed by atoms with Gasteiger partial charge in [0.05, 0.1) is 0 Å². The summed E-state index contributed by atoms with van der Waals surface area (Å²) in [7, 11) is 0. The Hall–Kier alpha value is -0.860. The van der Waals surface area contributed by atoms with Crippen LogP contribution in [0.5, 0.6) is 0 Å². The minimum atomic E-state index is 0.653. The first kappa shape index (κ1) is 16.5. The van der Waals surface area contributed by atoms with Gasteiger partial charge in [0.25, 0.3) is 0 Å². The van der Waals surface area contributed by atoms with Crippen molar-refractivity contribution in [3.63, 3.8) is 0 Å². The zero-order valence-corrected chi connectivity index (χ0v) is 14.2. The van der Waals surface area contributed by atoms with Gasteiger partial charge in [-0.1, -0.05) is 58.4 Å². The highest BCUT2D eigenvalue weighted by molar-refractivity contribution is 5.22. The first-order valence-corrected chi connectivity index (χ1v) is 8.73. The highest BCUT2D eigenvalue weighted by atomic mass is 15.2. The van der Waals surface area contributed by atoms with Crippen molar-refractivity contribution in [1.29, 1.82) is 0 Å². The molecule has 1 aromatic carbocycles. The van der Waals surface area contributed by atoms with E-state index in [-0.39, 0.29) is 0 Å². The van der Waals surface area contributed by atoms with Crippen molar-refractivity contribution >= 4 is 0 Å². The molecule has 0 amide bonds. The van der Waals surface area contributed by atoms with Crippen molar-refractivity contribution in [3.05, 3.63) is 35.4 Å². The van der Waals surface area contributed by atoms with Crippen molar-refractivity contribution in [2.24, 2.45) is 5.92 Å². The fourth-order valence-electron chi connectivity index (χ4n) is 3.30. The molecule has 2 heteroatoms. The molecule has 0 bridgehead atoms. The van der Waals surface area contributed by atoms with Crippen LogP contribution in [0.15, 0.2) is 24.3 Å². The molecule has 2 rings (SSSR count). The molecule has 1 fully saturated rings. The number of piperazine rings is 1. The summed E-state index contributed by atoms with van der Waals surface area (Å²) in [5, 5.41) is 3.73. The minimum absolute atomic E-state index is 0.653. The van der Waals surface area contributed by atoms with E-state index in [1.807, 2.05) is 0 Å². The van der Waals surface area contributed by atoms with Gasteiger partial charge in [0.15, 0.2) is 0 Å². The van der Waals surface area contributed by atoms with Crippen molar-refractivity contribution in [3.8, 4) is 0 Å². The van der Waals surface area contributed by atoms with E-state index in [1.165, 1.54) is 30.5 Å². The second kappa shape index (κ2) is 7.95. The molecule has 1 aliphatic rings. The molecule has 0 saturated carbocycles. The van der Waals surface area contributed by atoms with Crippen LogP contribution in [0.1, 0.15) is 51.7 Å². The number of hydrogen-bond acceptors (Lipinski definition) is 2. The molecule has 0 spiro atoms. The topological polar surface area (TPSA) is 15.3 Å². The van der Waals surface area contributed by atoms with Gasteiger partial charge < -0.3 is 5.32 Å². The van der Waals surface area contributed by atoms with Crippen LogP contribution in [0.25, 0.3) is 0 Å². The maximum atomic E-state index is 3.73. The van der Waals surface area contributed by atoms with Gasteiger partial charge in [-0.3, -0.25) is 4.90 Å². The summed E-state index contributed by atoms with van der Waals surface area (Å²) in [5.74, 6) is 0.755. The van der Waals surface area contributed by atoms with E-state index in [4.69, 9.17) is 0 Å². The normalized spacial score (nSPS) is 25.0. The van der Waals surface area contributed by atoms with Gasteiger partial charge in [-0.15, -0.1) is 0 Å². The molecule has 0 aliphatic carbocycles. The number of rotatable bonds is 6. The number of hydrogen-bond donors (Lipinski definition) is 1. The maximum absolute atomic E-state index is 3.73. The van der Waals surface area contributed by atoms with Crippen LogP contribution in [0.3, 0.4) is 0 Å². The van der Waals surface area contributed by atoms with Gasteiger partial charge in [0, 0.05) is 31.7 Å². The molecule has 1 aliphatic heterocycles. The second-order valence-corrected chi connectivity index (χ2v) is 6.57. The first-order chi connectivity index (χ1) is 10.2. The molecule has 2 nitrogen and oxygen atoms in total. The molecular formula is C19H32N2. The van der Waals surface area contributed by atoms with Gasteiger partial charge in [-0.2, -0.15) is 0 Å². The average molecular weight is 288 g/mol. The molecule has 1 heterocycles. The Bertz CT molecular complexity index is 412. The molecule has 0 radical (unpaired) electrons. The molecule has 1 aromatic rings. The monoisotopic (exact) mass is 288 g/mol. The summed E-state index contributed by atoms with van der Waals surface area (Å²) in [5.41, 5.74) is 2.89. The Kier molecular flexibility index (Phi) is 6.25. The molecule has 118 valence electrons. The molecule has 3 atom stereocenters. The van der Waals surface area contributed by atoms with Gasteiger partial charge >= 0.3 is 0 Å². The van der Waals surface area contributed by atoms with Crippen LogP contribution in [-0.4, -0.2) is 30.1 Å². The van der Waals surface area contributed by atoms with E-state index >= 15 is 0 Å². The van der Waals surface area contributed by atoms with E-state index in [2.05, 4.69) is 62.2 Å². The largest absolute Gasteiger partial charge is 0.311 e. The fourth-order valence-corrected chi connectivity index (χ4v) is 3.30. The first-order valence-electron chi connectivity index (χ1n) is 8.73. The fraction of sp³-hybridized carbons (Fsp3) is 0.684. The zero-order chi connectivity index (χ0) is 15.2. The third-order valence-corrected chi connectivity index (χ3v) is 5.15. The molecular weight excluding hydrogens is 256 g/mol. The molecule has 1 N–H and O–H groups in total. The van der Waals surface area contributed by atoms with Crippen LogP contribution >= 0.6 is 0 Å². The Morgan fingerprint density at radius 1 is 1.14 bits per heavy atom. The van der Waals surface area contributed by atoms with Crippen molar-refractivity contribution in [2.45, 2.75) is 65.6 Å². The summed E-state index contributed by atoms with van der Waals surface area (Å²) < 4.78 is 0. The number of nitrogens with zero attached hydrogens (tertiary/aromatic N) is 1. The Morgan fingerprint density at radius 3 is 2.38 bits per heavy atom. The predicted octanol–water partition coefficient (Wildman–Crippen LogP) is 3.85. The maximum Gasteiger partial charge on any atom is 0.0250 e. The van der Waals surface area contributed by atoms with E-state index in [0.29, 0.717) is 12.1 Å². The van der Waals surface area contributed by atoms with Gasteiger partial charge in [-0.25, -0.2) is 0 Å². The molecule has 0 aromatic heterocycles. The average Bonchev–Trinajstić information content (AvgIpc) is 2.54. The Morgan fingerprint density at radius 2 is 1.81 bits per heavy atom. The summed E-state index contributed by atoms with van der Waals surface area (Å²) in [6.45, 7) is 12.6. The van der Waals surface area contributed by atoms with Gasteiger partial charge in [0.2, 0.25) is 0 Å². The standard InChI is InChI=1S/C19H32N2/c1-5-15(4)19-12-20-18(7-3)14-21(19)13-17-10-8-16(6-2)9-11-17/h8-11,15,18-20H,5-7,12-14H2,1-4H3. The SMILES string of the molecule is CCc1ccc(CN2CC(CC)NCC2C(C)CC)cc1. The number of benzene rings is 1. The third kappa shape index (κ3) is 4.31. The minimum Gasteiger partial charge on any atom is -0.311 e. The van der Waals surface area contributed by atoms with Gasteiger partial charge in [0.1, 0.15) is 0 Å². The third-order valence-electron chi connectivity index (χ3n) is 5.15. The van der Waals surface area contributed by atoms with E-state index < -0.39 is 0 Å². The molecule has 21 heavy (non-hydrogen) atoms. The summed E-state index contributed by atoms with van der Waals surface area (Å²) in [6, 6.07) is 10.5. The van der Waals surface area contributed by atoms with Crippen LogP contribution in [0.4, 0.5) is 0 Å². The molecule has 1 saturated heterocycles. The lowest BCUT2D eigenvalue weighted by Gasteiger charge is -2.43. The van der Waals surface area contributed by atoms with Crippen LogP contribution in [0.2, 0.25) is 0 Å². The highest BCUT2D eigenvalue weighted by Crippen LogP contribution is 2.21. The number of aryl methyl sites for hydroxylation is 1. The lowest BCUT2D eigenvalue weighted by atomic mass is 9.93. The van der Waals surface area contributed by atoms with Gasteiger partial charge in [-0.05, 0) is 29.9 Å². The van der Waals surface area contributed by atoms with Crippen LogP contribution in [0, 0.1) is 5.92 Å². The van der Waals surface area contributed by atoms with Crippen molar-refractivity contribution < 1.29 is 0 Å². The summed E-state index contributed by atoms with van der Waals surface area (Å²) in [6.07, 6.45) is 3.61. The zero-order valence-electron chi connectivity index (χ0n) is 14.2. The quantitative estimate of drug-likeness (QED) is 0.855. The van der Waals surface area contributed by atoms with E-state index in [1.54, 1.807) is 0 Å². The van der Waals surface area contributed by atoms with Crippen LogP contribution in [-0.2, 0) is 13.0 Å². The Balaban J connectivity index is 2.07. The van der Waals surface area contributed by atoms with Crippen LogP contribution < -0.4 is 5.32 Å². The summed E-state index contributed by atoms with van der Waals surface area (Å²) in [4.78, 5) is 2.71. The van der Waals surface area contributed by atoms with E-state index in [9.17, 15) is 0 Å². The second-order valence-electron chi connectivity index (χ2n) is 6.57. The number of nitrogens with one attached hydrogen (secondary N) is 1.